The summed E-state index contributed by atoms with van der Waals surface area (Å²) >= 11 is 0. The average Bonchev–Trinajstić information content (AvgIpc) is 1.83. The van der Waals surface area contributed by atoms with Gasteiger partial charge >= 0.3 is 5.97 Å². The van der Waals surface area contributed by atoms with Crippen LogP contribution in [0.25, 0.3) is 0 Å². The van der Waals surface area contributed by atoms with Crippen LogP contribution in [-0.2, 0) is 19.1 Å². The van der Waals surface area contributed by atoms with Gasteiger partial charge in [0.25, 0.3) is 0 Å². The molecule has 4 nitrogen and oxygen atoms in total. The Hall–Kier alpha value is -1.32. The molecule has 0 aromatic heterocycles. The molecule has 0 aliphatic carbocycles. The number of esters is 1. The predicted molar refractivity (Wildman–Crippen MR) is 35.4 cm³/mol. The van der Waals surface area contributed by atoms with Crippen LogP contribution in [0.4, 0.5) is 0 Å². The number of ether oxygens (including phenoxy) is 2. The highest BCUT2D eigenvalue weighted by molar-refractivity contribution is 5.89. The zero-order valence-electron chi connectivity index (χ0n) is 6.29. The van der Waals surface area contributed by atoms with Crippen molar-refractivity contribution >= 4 is 12.3 Å². The first-order valence-corrected chi connectivity index (χ1v) is 3.12. The predicted octanol–water partition coefficient (Wildman–Crippen LogP) is 0.379. The lowest BCUT2D eigenvalue weighted by Gasteiger charge is -2.28. The number of carbonyl (C=O) groups is 2. The van der Waals surface area contributed by atoms with Gasteiger partial charge in [-0.05, 0) is 0 Å². The van der Waals surface area contributed by atoms with Crippen molar-refractivity contribution in [3.05, 3.63) is 11.8 Å². The average molecular weight is 156 g/mol. The molecule has 0 saturated carbocycles. The molecule has 11 heavy (non-hydrogen) atoms. The van der Waals surface area contributed by atoms with Gasteiger partial charge in [0.2, 0.25) is 5.79 Å². The molecule has 0 spiro atoms. The second-order valence-electron chi connectivity index (χ2n) is 2.59. The largest absolute Gasteiger partial charge is 0.449 e. The summed E-state index contributed by atoms with van der Waals surface area (Å²) in [5, 5.41) is 0. The van der Waals surface area contributed by atoms with Crippen LogP contribution in [0.3, 0.4) is 0 Å². The van der Waals surface area contributed by atoms with Crippen molar-refractivity contribution in [2.24, 2.45) is 0 Å². The minimum Gasteiger partial charge on any atom is -0.449 e. The van der Waals surface area contributed by atoms with Crippen LogP contribution in [0.15, 0.2) is 11.8 Å². The monoisotopic (exact) mass is 156 g/mol. The van der Waals surface area contributed by atoms with E-state index in [1.165, 1.54) is 0 Å². The summed E-state index contributed by atoms with van der Waals surface area (Å²) in [7, 11) is 0. The number of aldehydes is 1. The number of hydrogen-bond donors (Lipinski definition) is 0. The van der Waals surface area contributed by atoms with Crippen molar-refractivity contribution in [2.45, 2.75) is 19.6 Å². The van der Waals surface area contributed by atoms with Gasteiger partial charge in [0.15, 0.2) is 12.0 Å². The molecule has 1 aliphatic heterocycles. The first kappa shape index (κ1) is 7.78. The maximum Gasteiger partial charge on any atom is 0.337 e. The van der Waals surface area contributed by atoms with Gasteiger partial charge in [-0.1, -0.05) is 0 Å². The Morgan fingerprint density at radius 3 is 2.55 bits per heavy atom. The van der Waals surface area contributed by atoms with Crippen molar-refractivity contribution in [2.75, 3.05) is 0 Å². The number of allylic oxidation sites excluding steroid dienone is 1. The fourth-order valence-corrected chi connectivity index (χ4v) is 0.780. The Kier molecular flexibility index (Phi) is 1.68. The van der Waals surface area contributed by atoms with Gasteiger partial charge in [0.1, 0.15) is 0 Å². The van der Waals surface area contributed by atoms with Gasteiger partial charge in [-0.2, -0.15) is 0 Å². The molecule has 0 aromatic carbocycles. The summed E-state index contributed by atoms with van der Waals surface area (Å²) in [6.45, 7) is 3.11. The summed E-state index contributed by atoms with van der Waals surface area (Å²) in [5.74, 6) is -1.57. The molecule has 0 saturated heterocycles. The highest BCUT2D eigenvalue weighted by Crippen LogP contribution is 2.20. The molecule has 1 rings (SSSR count). The standard InChI is InChI=1S/C7H8O4/c1-7(2)10-5(4-8)3-6(9)11-7/h3-4H,1-2H3. The first-order valence-electron chi connectivity index (χ1n) is 3.12. The SMILES string of the molecule is CC1(C)OC(=O)C=C(C=O)O1. The molecule has 60 valence electrons. The lowest BCUT2D eigenvalue weighted by atomic mass is 10.3. The van der Waals surface area contributed by atoms with E-state index in [-0.39, 0.29) is 5.76 Å². The van der Waals surface area contributed by atoms with Gasteiger partial charge in [-0.25, -0.2) is 4.79 Å². The highest BCUT2D eigenvalue weighted by atomic mass is 16.7. The van der Waals surface area contributed by atoms with Crippen molar-refractivity contribution in [3.63, 3.8) is 0 Å². The Morgan fingerprint density at radius 2 is 2.09 bits per heavy atom. The van der Waals surface area contributed by atoms with Crippen molar-refractivity contribution in [1.29, 1.82) is 0 Å². The second kappa shape index (κ2) is 2.38. The van der Waals surface area contributed by atoms with Crippen molar-refractivity contribution in [3.8, 4) is 0 Å². The molecule has 0 bridgehead atoms. The van der Waals surface area contributed by atoms with E-state index in [1.807, 2.05) is 0 Å². The maximum atomic E-state index is 10.7. The summed E-state index contributed by atoms with van der Waals surface area (Å²) in [6, 6.07) is 0. The van der Waals surface area contributed by atoms with Gasteiger partial charge in [-0.15, -0.1) is 0 Å². The molecule has 0 aromatic rings. The Bertz CT molecular complexity index is 227. The third kappa shape index (κ3) is 1.80. The zero-order valence-corrected chi connectivity index (χ0v) is 6.29. The van der Waals surface area contributed by atoms with Crippen molar-refractivity contribution < 1.29 is 19.1 Å². The summed E-state index contributed by atoms with van der Waals surface area (Å²) in [4.78, 5) is 20.9. The molecule has 0 fully saturated rings. The minimum absolute atomic E-state index is 0.00579. The van der Waals surface area contributed by atoms with E-state index < -0.39 is 11.8 Å². The van der Waals surface area contributed by atoms with E-state index in [2.05, 4.69) is 0 Å². The number of cyclic esters (lactones) is 1. The molecule has 0 amide bonds. The maximum absolute atomic E-state index is 10.7. The first-order chi connectivity index (χ1) is 5.03. The Morgan fingerprint density at radius 1 is 1.45 bits per heavy atom. The van der Waals surface area contributed by atoms with Crippen LogP contribution in [0.5, 0.6) is 0 Å². The third-order valence-electron chi connectivity index (χ3n) is 1.09. The van der Waals surface area contributed by atoms with E-state index in [0.717, 1.165) is 6.08 Å². The molecule has 1 aliphatic rings. The van der Waals surface area contributed by atoms with Gasteiger partial charge in [0, 0.05) is 13.8 Å². The number of hydrogen-bond acceptors (Lipinski definition) is 4. The van der Waals surface area contributed by atoms with Crippen LogP contribution in [-0.4, -0.2) is 18.0 Å². The lowest BCUT2D eigenvalue weighted by Crippen LogP contribution is -2.34. The van der Waals surface area contributed by atoms with E-state index in [1.54, 1.807) is 13.8 Å². The Labute approximate surface area is 63.8 Å². The second-order valence-corrected chi connectivity index (χ2v) is 2.59. The third-order valence-corrected chi connectivity index (χ3v) is 1.09. The fraction of sp³-hybridized carbons (Fsp3) is 0.429. The molecule has 0 N–H and O–H groups in total. The number of rotatable bonds is 1. The summed E-state index contributed by atoms with van der Waals surface area (Å²) in [5.41, 5.74) is 0. The van der Waals surface area contributed by atoms with Crippen LogP contribution < -0.4 is 0 Å². The van der Waals surface area contributed by atoms with E-state index in [0.29, 0.717) is 6.29 Å². The van der Waals surface area contributed by atoms with Gasteiger partial charge in [-0.3, -0.25) is 4.79 Å². The number of carbonyl (C=O) groups excluding carboxylic acids is 2. The highest BCUT2D eigenvalue weighted by Gasteiger charge is 2.29. The molecular formula is C7H8O4. The quantitative estimate of drug-likeness (QED) is 0.406. The van der Waals surface area contributed by atoms with Gasteiger partial charge < -0.3 is 9.47 Å². The lowest BCUT2D eigenvalue weighted by molar-refractivity contribution is -0.204. The van der Waals surface area contributed by atoms with Crippen LogP contribution in [0, 0.1) is 0 Å². The van der Waals surface area contributed by atoms with Crippen LogP contribution in [0.1, 0.15) is 13.8 Å². The van der Waals surface area contributed by atoms with E-state index in [9.17, 15) is 9.59 Å². The van der Waals surface area contributed by atoms with Crippen molar-refractivity contribution in [1.82, 2.24) is 0 Å². The van der Waals surface area contributed by atoms with Crippen LogP contribution in [0.2, 0.25) is 0 Å². The van der Waals surface area contributed by atoms with Gasteiger partial charge in [0.05, 0.1) is 6.08 Å². The van der Waals surface area contributed by atoms with E-state index >= 15 is 0 Å². The zero-order chi connectivity index (χ0) is 8.48. The van der Waals surface area contributed by atoms with E-state index in [4.69, 9.17) is 9.47 Å². The molecule has 0 radical (unpaired) electrons. The molecule has 0 unspecified atom stereocenters. The smallest absolute Gasteiger partial charge is 0.337 e. The molecule has 1 heterocycles. The summed E-state index contributed by atoms with van der Waals surface area (Å²) in [6.07, 6.45) is 1.49. The molecule has 0 atom stereocenters. The molecular weight excluding hydrogens is 148 g/mol. The van der Waals surface area contributed by atoms with Crippen LogP contribution >= 0.6 is 0 Å². The minimum atomic E-state index is -1.03. The molecule has 4 heteroatoms. The normalized spacial score (nSPS) is 21.3. The summed E-state index contributed by atoms with van der Waals surface area (Å²) < 4.78 is 9.65. The Balaban J connectivity index is 2.86. The topological polar surface area (TPSA) is 52.6 Å². The fourth-order valence-electron chi connectivity index (χ4n) is 0.780.